The van der Waals surface area contributed by atoms with Crippen LogP contribution in [0.3, 0.4) is 0 Å². The molecule has 3 nitrogen and oxygen atoms in total. The summed E-state index contributed by atoms with van der Waals surface area (Å²) in [5.74, 6) is 1.81. The number of rotatable bonds is 1. The predicted molar refractivity (Wildman–Crippen MR) is 204 cm³/mol. The van der Waals surface area contributed by atoms with Crippen molar-refractivity contribution < 1.29 is 4.74 Å². The van der Waals surface area contributed by atoms with Gasteiger partial charge in [-0.2, -0.15) is 0 Å². The molecule has 0 atom stereocenters. The standard InChI is InChI=1S/C47H32N2O/c1-46(2)34-14-4-5-15-36(34)47(37-16-6-11-21-43(37)50-44-22-12-7-17-38(44)47)39-28-30(24-26-35(39)46)29-23-25-31-32-13-3-9-19-41(32)49-42-20-10-8-18-40(42)48-45(49)33(31)27-29/h3-28H,1-2H3. The number of benzene rings is 7. The SMILES string of the molecule is CC1(C)c2ccccc2C2(c3ccccc3Oc3ccccc32)c2cc(-c3ccc4c5ccccc5n5c6ccccc6nc5c4c3)ccc21. The fourth-order valence-electron chi connectivity index (χ4n) is 9.29. The Hall–Kier alpha value is -6.19. The minimum Gasteiger partial charge on any atom is -0.457 e. The zero-order valence-corrected chi connectivity index (χ0v) is 27.8. The molecule has 0 unspecified atom stereocenters. The highest BCUT2D eigenvalue weighted by atomic mass is 16.5. The van der Waals surface area contributed by atoms with E-state index < -0.39 is 5.41 Å². The molecule has 2 aromatic heterocycles. The smallest absolute Gasteiger partial charge is 0.146 e. The lowest BCUT2D eigenvalue weighted by Gasteiger charge is -2.50. The fourth-order valence-corrected chi connectivity index (χ4v) is 9.29. The van der Waals surface area contributed by atoms with Crippen molar-refractivity contribution in [3.8, 4) is 22.6 Å². The Morgan fingerprint density at radius 2 is 1.04 bits per heavy atom. The Bertz CT molecular complexity index is 2850. The third-order valence-corrected chi connectivity index (χ3v) is 11.5. The molecule has 0 N–H and O–H groups in total. The Morgan fingerprint density at radius 3 is 1.82 bits per heavy atom. The maximum atomic E-state index is 6.64. The molecule has 0 bridgehead atoms. The summed E-state index contributed by atoms with van der Waals surface area (Å²) in [6.07, 6.45) is 0. The van der Waals surface area contributed by atoms with E-state index in [0.717, 1.165) is 33.6 Å². The van der Waals surface area contributed by atoms with Crippen LogP contribution in [0.1, 0.15) is 47.2 Å². The minimum absolute atomic E-state index is 0.206. The van der Waals surface area contributed by atoms with E-state index in [9.17, 15) is 0 Å². The van der Waals surface area contributed by atoms with E-state index in [1.807, 2.05) is 0 Å². The van der Waals surface area contributed by atoms with Gasteiger partial charge in [0.1, 0.15) is 17.1 Å². The lowest BCUT2D eigenvalue weighted by atomic mass is 9.53. The molecule has 3 heterocycles. The molecule has 9 aromatic rings. The second kappa shape index (κ2) is 9.71. The van der Waals surface area contributed by atoms with E-state index in [0.29, 0.717) is 0 Å². The van der Waals surface area contributed by atoms with Gasteiger partial charge in [-0.3, -0.25) is 4.40 Å². The Morgan fingerprint density at radius 1 is 0.460 bits per heavy atom. The first kappa shape index (κ1) is 27.7. The Balaban J connectivity index is 1.24. The molecule has 1 aliphatic heterocycles. The largest absolute Gasteiger partial charge is 0.457 e. The molecule has 1 spiro atoms. The summed E-state index contributed by atoms with van der Waals surface area (Å²) in [6.45, 7) is 4.74. The molecule has 1 aliphatic carbocycles. The third kappa shape index (κ3) is 3.41. The second-order valence-electron chi connectivity index (χ2n) is 14.3. The van der Waals surface area contributed by atoms with E-state index in [2.05, 4.69) is 176 Å². The zero-order chi connectivity index (χ0) is 33.2. The van der Waals surface area contributed by atoms with E-state index in [1.54, 1.807) is 0 Å². The first-order valence-electron chi connectivity index (χ1n) is 17.4. The van der Waals surface area contributed by atoms with E-state index in [1.165, 1.54) is 60.8 Å². The van der Waals surface area contributed by atoms with Gasteiger partial charge in [-0.1, -0.05) is 129 Å². The maximum Gasteiger partial charge on any atom is 0.146 e. The van der Waals surface area contributed by atoms with E-state index in [-0.39, 0.29) is 5.41 Å². The molecule has 0 amide bonds. The van der Waals surface area contributed by atoms with Crippen LogP contribution in [0.4, 0.5) is 0 Å². The van der Waals surface area contributed by atoms with Crippen molar-refractivity contribution in [3.05, 3.63) is 191 Å². The number of hydrogen-bond acceptors (Lipinski definition) is 2. The maximum absolute atomic E-state index is 6.64. The second-order valence-corrected chi connectivity index (χ2v) is 14.3. The van der Waals surface area contributed by atoms with Gasteiger partial charge in [0.2, 0.25) is 0 Å². The molecule has 0 saturated carbocycles. The Labute approximate surface area is 290 Å². The van der Waals surface area contributed by atoms with Gasteiger partial charge < -0.3 is 4.74 Å². The van der Waals surface area contributed by atoms with Crippen molar-refractivity contribution in [3.63, 3.8) is 0 Å². The number of aromatic nitrogens is 2. The van der Waals surface area contributed by atoms with E-state index >= 15 is 0 Å². The number of para-hydroxylation sites is 5. The zero-order valence-electron chi connectivity index (χ0n) is 27.8. The van der Waals surface area contributed by atoms with Gasteiger partial charge >= 0.3 is 0 Å². The molecule has 7 aromatic carbocycles. The summed E-state index contributed by atoms with van der Waals surface area (Å²) in [6, 6.07) is 57.5. The Kier molecular flexibility index (Phi) is 5.38. The quantitative estimate of drug-likeness (QED) is 0.167. The molecule has 2 aliphatic rings. The average molecular weight is 641 g/mol. The normalized spacial score (nSPS) is 15.1. The summed E-state index contributed by atoms with van der Waals surface area (Å²) in [7, 11) is 0. The molecule has 236 valence electrons. The van der Waals surface area contributed by atoms with E-state index in [4.69, 9.17) is 9.72 Å². The molecule has 3 heteroatoms. The van der Waals surface area contributed by atoms with Crippen molar-refractivity contribution >= 4 is 38.4 Å². The number of nitrogens with zero attached hydrogens (tertiary/aromatic N) is 2. The minimum atomic E-state index is -0.552. The van der Waals surface area contributed by atoms with Crippen LogP contribution in [-0.2, 0) is 10.8 Å². The van der Waals surface area contributed by atoms with Crippen molar-refractivity contribution in [2.45, 2.75) is 24.7 Å². The summed E-state index contributed by atoms with van der Waals surface area (Å²) in [5.41, 5.74) is 13.5. The number of ether oxygens (including phenoxy) is 1. The van der Waals surface area contributed by atoms with Crippen LogP contribution >= 0.6 is 0 Å². The molecule has 0 fully saturated rings. The van der Waals surface area contributed by atoms with Gasteiger partial charge in [-0.15, -0.1) is 0 Å². The topological polar surface area (TPSA) is 26.5 Å². The number of imidazole rings is 1. The van der Waals surface area contributed by atoms with Crippen LogP contribution in [0.5, 0.6) is 11.5 Å². The highest BCUT2D eigenvalue weighted by Crippen LogP contribution is 2.61. The van der Waals surface area contributed by atoms with Crippen LogP contribution in [-0.4, -0.2) is 9.38 Å². The van der Waals surface area contributed by atoms with Gasteiger partial charge in [-0.05, 0) is 81.2 Å². The lowest BCUT2D eigenvalue weighted by molar-refractivity contribution is 0.425. The van der Waals surface area contributed by atoms with Crippen molar-refractivity contribution in [2.24, 2.45) is 0 Å². The van der Waals surface area contributed by atoms with Crippen molar-refractivity contribution in [1.29, 1.82) is 0 Å². The van der Waals surface area contributed by atoms with Crippen molar-refractivity contribution in [1.82, 2.24) is 9.38 Å². The average Bonchev–Trinajstić information content (AvgIpc) is 3.57. The summed E-state index contributed by atoms with van der Waals surface area (Å²) < 4.78 is 8.97. The number of pyridine rings is 1. The fraction of sp³-hybridized carbons (Fsp3) is 0.0851. The molecule has 0 radical (unpaired) electrons. The van der Waals surface area contributed by atoms with Gasteiger partial charge in [0.15, 0.2) is 0 Å². The van der Waals surface area contributed by atoms with Crippen LogP contribution in [0.25, 0.3) is 49.5 Å². The summed E-state index contributed by atoms with van der Waals surface area (Å²) in [5, 5.41) is 3.59. The molecule has 50 heavy (non-hydrogen) atoms. The molecule has 0 saturated heterocycles. The van der Waals surface area contributed by atoms with Gasteiger partial charge in [0.25, 0.3) is 0 Å². The van der Waals surface area contributed by atoms with Gasteiger partial charge in [0.05, 0.1) is 22.0 Å². The highest BCUT2D eigenvalue weighted by molar-refractivity contribution is 6.14. The first-order valence-corrected chi connectivity index (χ1v) is 17.4. The van der Waals surface area contributed by atoms with Crippen LogP contribution in [0.2, 0.25) is 0 Å². The number of hydrogen-bond donors (Lipinski definition) is 0. The highest BCUT2D eigenvalue weighted by Gasteiger charge is 2.52. The lowest BCUT2D eigenvalue weighted by Crippen LogP contribution is -2.43. The number of fused-ring (bicyclic) bond motifs is 16. The predicted octanol–water partition coefficient (Wildman–Crippen LogP) is 11.6. The van der Waals surface area contributed by atoms with Crippen molar-refractivity contribution in [2.75, 3.05) is 0 Å². The van der Waals surface area contributed by atoms with Crippen LogP contribution in [0, 0.1) is 0 Å². The molecular weight excluding hydrogens is 609 g/mol. The summed E-state index contributed by atoms with van der Waals surface area (Å²) in [4.78, 5) is 5.21. The third-order valence-electron chi connectivity index (χ3n) is 11.5. The first-order chi connectivity index (χ1) is 24.5. The van der Waals surface area contributed by atoms with Crippen LogP contribution in [0.15, 0.2) is 158 Å². The van der Waals surface area contributed by atoms with Gasteiger partial charge in [-0.25, -0.2) is 4.98 Å². The molecular formula is C47H32N2O. The monoisotopic (exact) mass is 640 g/mol. The van der Waals surface area contributed by atoms with Crippen LogP contribution < -0.4 is 4.74 Å². The van der Waals surface area contributed by atoms with Gasteiger partial charge in [0, 0.05) is 27.3 Å². The summed E-state index contributed by atoms with van der Waals surface area (Å²) >= 11 is 0. The molecule has 11 rings (SSSR count).